The Morgan fingerprint density at radius 3 is 2.67 bits per heavy atom. The van der Waals surface area contributed by atoms with Gasteiger partial charge in [-0.15, -0.1) is 0 Å². The van der Waals surface area contributed by atoms with Gasteiger partial charge in [-0.2, -0.15) is 0 Å². The Hall–Kier alpha value is -2.86. The molecule has 0 aliphatic heterocycles. The van der Waals surface area contributed by atoms with Crippen LogP contribution >= 0.6 is 0 Å². The van der Waals surface area contributed by atoms with Crippen molar-refractivity contribution in [3.8, 4) is 0 Å². The Morgan fingerprint density at radius 1 is 1.11 bits per heavy atom. The summed E-state index contributed by atoms with van der Waals surface area (Å²) in [7, 11) is 0. The van der Waals surface area contributed by atoms with Gasteiger partial charge in [0.15, 0.2) is 0 Å². The number of carbonyl (C=O) groups excluding carboxylic acids is 1. The number of aliphatic carboxylic acids is 1. The molecule has 6 heteroatoms. The van der Waals surface area contributed by atoms with Crippen molar-refractivity contribution in [1.82, 2.24) is 0 Å². The number of rotatable bonds is 7. The molecular formula is C21H21NO5. The Bertz CT molecular complexity index is 857. The van der Waals surface area contributed by atoms with E-state index in [0.29, 0.717) is 18.9 Å². The second-order valence-corrected chi connectivity index (χ2v) is 7.10. The van der Waals surface area contributed by atoms with Crippen molar-refractivity contribution in [2.24, 2.45) is 23.7 Å². The molecule has 4 atom stereocenters. The molecule has 0 radical (unpaired) electrons. The lowest BCUT2D eigenvalue weighted by atomic mass is 9.82. The van der Waals surface area contributed by atoms with Gasteiger partial charge >= 0.3 is 5.97 Å². The molecule has 1 amide bonds. The highest BCUT2D eigenvalue weighted by atomic mass is 16.5. The number of carboxylic acid groups (broad SMARTS) is 1. The van der Waals surface area contributed by atoms with Gasteiger partial charge in [0.1, 0.15) is 12.4 Å². The minimum absolute atomic E-state index is 0.0101. The molecule has 4 unspecified atom stereocenters. The average Bonchev–Trinajstić information content (AvgIpc) is 3.39. The van der Waals surface area contributed by atoms with E-state index in [1.807, 2.05) is 42.5 Å². The van der Waals surface area contributed by atoms with Gasteiger partial charge in [0, 0.05) is 5.69 Å². The highest BCUT2D eigenvalue weighted by Crippen LogP contribution is 2.48. The third-order valence-corrected chi connectivity index (χ3v) is 5.33. The van der Waals surface area contributed by atoms with Crippen LogP contribution in [0.3, 0.4) is 0 Å². The van der Waals surface area contributed by atoms with Gasteiger partial charge in [0.25, 0.3) is 0 Å². The molecule has 2 aromatic rings. The first-order chi connectivity index (χ1) is 13.1. The fourth-order valence-electron chi connectivity index (χ4n) is 4.14. The smallest absolute Gasteiger partial charge is 0.307 e. The van der Waals surface area contributed by atoms with Crippen LogP contribution in [0.5, 0.6) is 0 Å². The molecule has 0 spiro atoms. The van der Waals surface area contributed by atoms with Crippen molar-refractivity contribution in [3.63, 3.8) is 0 Å². The average molecular weight is 367 g/mol. The van der Waals surface area contributed by atoms with Crippen LogP contribution in [0.25, 0.3) is 0 Å². The molecule has 1 aromatic carbocycles. The summed E-state index contributed by atoms with van der Waals surface area (Å²) in [4.78, 5) is 24.3. The zero-order valence-electron chi connectivity index (χ0n) is 14.7. The summed E-state index contributed by atoms with van der Waals surface area (Å²) in [6.07, 6.45) is 6.26. The molecule has 2 aliphatic carbocycles. The van der Waals surface area contributed by atoms with Gasteiger partial charge in [0.05, 0.1) is 24.7 Å². The van der Waals surface area contributed by atoms with Gasteiger partial charge in [-0.25, -0.2) is 0 Å². The lowest BCUT2D eigenvalue weighted by Crippen LogP contribution is -2.36. The molecule has 6 nitrogen and oxygen atoms in total. The number of allylic oxidation sites excluding steroid dienone is 2. The molecule has 140 valence electrons. The number of benzene rings is 1. The lowest BCUT2D eigenvalue weighted by molar-refractivity contribution is -0.146. The molecule has 1 aromatic heterocycles. The highest BCUT2D eigenvalue weighted by Gasteiger charge is 2.51. The molecule has 2 bridgehead atoms. The summed E-state index contributed by atoms with van der Waals surface area (Å²) >= 11 is 0. The third kappa shape index (κ3) is 3.66. The topological polar surface area (TPSA) is 88.8 Å². The number of nitrogens with one attached hydrogen (secondary N) is 1. The molecule has 1 heterocycles. The molecule has 2 aliphatic rings. The molecule has 1 fully saturated rings. The van der Waals surface area contributed by atoms with Crippen LogP contribution in [0, 0.1) is 23.7 Å². The van der Waals surface area contributed by atoms with Crippen molar-refractivity contribution in [3.05, 3.63) is 66.1 Å². The predicted molar refractivity (Wildman–Crippen MR) is 97.6 cm³/mol. The van der Waals surface area contributed by atoms with Crippen LogP contribution in [-0.2, 0) is 27.5 Å². The summed E-state index contributed by atoms with van der Waals surface area (Å²) in [5.74, 6) is -1.56. The summed E-state index contributed by atoms with van der Waals surface area (Å²) in [5.41, 5.74) is 1.57. The Kier molecular flexibility index (Phi) is 4.81. The van der Waals surface area contributed by atoms with Crippen LogP contribution < -0.4 is 5.32 Å². The number of hydrogen-bond donors (Lipinski definition) is 2. The SMILES string of the molecule is O=C(O)C1C2C=CC(C2)C1C(=O)Nc1cccc(COCc2ccco2)c1. The second-order valence-electron chi connectivity index (χ2n) is 7.10. The van der Waals surface area contributed by atoms with Crippen molar-refractivity contribution in [2.45, 2.75) is 19.6 Å². The highest BCUT2D eigenvalue weighted by molar-refractivity contribution is 5.96. The standard InChI is InChI=1S/C21H21NO5/c23-20(18-14-6-7-15(10-14)19(18)21(24)25)22-16-4-1-3-13(9-16)11-26-12-17-5-2-8-27-17/h1-9,14-15,18-19H,10-12H2,(H,22,23)(H,24,25). The van der Waals surface area contributed by atoms with Crippen LogP contribution in [0.1, 0.15) is 17.7 Å². The third-order valence-electron chi connectivity index (χ3n) is 5.33. The summed E-state index contributed by atoms with van der Waals surface area (Å²) in [6.45, 7) is 0.764. The van der Waals surface area contributed by atoms with Gasteiger partial charge < -0.3 is 19.6 Å². The number of ether oxygens (including phenoxy) is 1. The minimum atomic E-state index is -0.896. The van der Waals surface area contributed by atoms with Gasteiger partial charge in [-0.05, 0) is 48.1 Å². The largest absolute Gasteiger partial charge is 0.481 e. The molecule has 2 N–H and O–H groups in total. The first-order valence-corrected chi connectivity index (χ1v) is 9.03. The van der Waals surface area contributed by atoms with Crippen molar-refractivity contribution < 1.29 is 23.8 Å². The fraction of sp³-hybridized carbons (Fsp3) is 0.333. The molecule has 1 saturated carbocycles. The van der Waals surface area contributed by atoms with Crippen LogP contribution in [0.15, 0.2) is 59.2 Å². The number of carbonyl (C=O) groups is 2. The van der Waals surface area contributed by atoms with Crippen LogP contribution in [-0.4, -0.2) is 17.0 Å². The van der Waals surface area contributed by atoms with E-state index >= 15 is 0 Å². The maximum atomic E-state index is 12.7. The molecular weight excluding hydrogens is 346 g/mol. The number of fused-ring (bicyclic) bond motifs is 2. The quantitative estimate of drug-likeness (QED) is 0.732. The number of carboxylic acids is 1. The van der Waals surface area contributed by atoms with E-state index in [1.165, 1.54) is 0 Å². The van der Waals surface area contributed by atoms with Crippen molar-refractivity contribution >= 4 is 17.6 Å². The van der Waals surface area contributed by atoms with Crippen molar-refractivity contribution in [2.75, 3.05) is 5.32 Å². The number of anilines is 1. The summed E-state index contributed by atoms with van der Waals surface area (Å²) in [6, 6.07) is 11.1. The molecule has 0 saturated heterocycles. The zero-order chi connectivity index (χ0) is 18.8. The van der Waals surface area contributed by atoms with Crippen molar-refractivity contribution in [1.29, 1.82) is 0 Å². The Balaban J connectivity index is 1.38. The maximum Gasteiger partial charge on any atom is 0.307 e. The summed E-state index contributed by atoms with van der Waals surface area (Å²) in [5, 5.41) is 12.4. The van der Waals surface area contributed by atoms with E-state index in [0.717, 1.165) is 17.7 Å². The van der Waals surface area contributed by atoms with Gasteiger partial charge in [0.2, 0.25) is 5.91 Å². The number of amides is 1. The normalized spacial score (nSPS) is 25.6. The monoisotopic (exact) mass is 367 g/mol. The van der Waals surface area contributed by atoms with E-state index < -0.39 is 17.8 Å². The molecule has 27 heavy (non-hydrogen) atoms. The Morgan fingerprint density at radius 2 is 1.93 bits per heavy atom. The first-order valence-electron chi connectivity index (χ1n) is 9.03. The van der Waals surface area contributed by atoms with E-state index in [9.17, 15) is 14.7 Å². The fourth-order valence-corrected chi connectivity index (χ4v) is 4.14. The van der Waals surface area contributed by atoms with E-state index in [-0.39, 0.29) is 17.7 Å². The van der Waals surface area contributed by atoms with E-state index in [2.05, 4.69) is 5.32 Å². The second kappa shape index (κ2) is 7.40. The molecule has 4 rings (SSSR count). The van der Waals surface area contributed by atoms with Gasteiger partial charge in [-0.3, -0.25) is 9.59 Å². The van der Waals surface area contributed by atoms with E-state index in [1.54, 1.807) is 12.3 Å². The minimum Gasteiger partial charge on any atom is -0.481 e. The first kappa shape index (κ1) is 17.5. The number of furan rings is 1. The Labute approximate surface area is 156 Å². The predicted octanol–water partition coefficient (Wildman–Crippen LogP) is 3.46. The number of hydrogen-bond acceptors (Lipinski definition) is 4. The summed E-state index contributed by atoms with van der Waals surface area (Å²) < 4.78 is 10.8. The van der Waals surface area contributed by atoms with Gasteiger partial charge in [-0.1, -0.05) is 24.3 Å². The van der Waals surface area contributed by atoms with E-state index in [4.69, 9.17) is 9.15 Å². The zero-order valence-corrected chi connectivity index (χ0v) is 14.7. The lowest BCUT2D eigenvalue weighted by Gasteiger charge is -2.24. The maximum absolute atomic E-state index is 12.7. The van der Waals surface area contributed by atoms with Crippen LogP contribution in [0.4, 0.5) is 5.69 Å². The van der Waals surface area contributed by atoms with Crippen LogP contribution in [0.2, 0.25) is 0 Å².